The molecule has 0 N–H and O–H groups in total. The smallest absolute Gasteiger partial charge is 0.164 e. The van der Waals surface area contributed by atoms with Gasteiger partial charge in [0.15, 0.2) is 17.5 Å². The van der Waals surface area contributed by atoms with Gasteiger partial charge in [-0.3, -0.25) is 0 Å². The lowest BCUT2D eigenvalue weighted by Crippen LogP contribution is -2.26. The Hall–Kier alpha value is -7.11. The van der Waals surface area contributed by atoms with Crippen LogP contribution in [0.2, 0.25) is 0 Å². The first-order valence-electron chi connectivity index (χ1n) is 18.3. The molecule has 1 aliphatic rings. The fourth-order valence-electron chi connectivity index (χ4n) is 8.02. The number of furan rings is 2. The zero-order valence-corrected chi connectivity index (χ0v) is 29.2. The van der Waals surface area contributed by atoms with E-state index < -0.39 is 0 Å². The number of nitrogens with zero attached hydrogens (tertiary/aromatic N) is 3. The predicted octanol–water partition coefficient (Wildman–Crippen LogP) is 11.1. The highest BCUT2D eigenvalue weighted by Gasteiger charge is 2.22. The van der Waals surface area contributed by atoms with Gasteiger partial charge >= 0.3 is 0 Å². The highest BCUT2D eigenvalue weighted by atomic mass is 16.3. The van der Waals surface area contributed by atoms with Crippen molar-refractivity contribution in [1.29, 1.82) is 0 Å². The summed E-state index contributed by atoms with van der Waals surface area (Å²) in [5.41, 5.74) is 10.8. The molecule has 254 valence electrons. The number of hydrogen-bond acceptors (Lipinski definition) is 5. The van der Waals surface area contributed by atoms with E-state index in [2.05, 4.69) is 115 Å². The van der Waals surface area contributed by atoms with E-state index in [0.717, 1.165) is 89.4 Å². The van der Waals surface area contributed by atoms with Gasteiger partial charge in [0.2, 0.25) is 0 Å². The first-order chi connectivity index (χ1) is 26.7. The molecule has 3 aromatic heterocycles. The van der Waals surface area contributed by atoms with Gasteiger partial charge in [0, 0.05) is 38.1 Å². The molecule has 5 nitrogen and oxygen atoms in total. The van der Waals surface area contributed by atoms with Gasteiger partial charge in [-0.15, -0.1) is 0 Å². The van der Waals surface area contributed by atoms with Crippen LogP contribution in [-0.4, -0.2) is 15.0 Å². The molecule has 10 aromatic rings. The maximum atomic E-state index is 6.61. The van der Waals surface area contributed by atoms with Gasteiger partial charge in [-0.2, -0.15) is 0 Å². The van der Waals surface area contributed by atoms with Crippen LogP contribution in [-0.2, 0) is 0 Å². The summed E-state index contributed by atoms with van der Waals surface area (Å²) in [6, 6.07) is 54.6. The first-order valence-corrected chi connectivity index (χ1v) is 18.3. The fraction of sp³-hybridized carbons (Fsp3) is 0.0408. The number of para-hydroxylation sites is 2. The molecule has 0 fully saturated rings. The number of fused-ring (bicyclic) bond motifs is 7. The number of rotatable bonds is 5. The van der Waals surface area contributed by atoms with E-state index in [-0.39, 0.29) is 0 Å². The normalized spacial score (nSPS) is 12.8. The molecule has 0 saturated carbocycles. The molecule has 0 unspecified atom stereocenters. The first kappa shape index (κ1) is 30.5. The molecular weight excluding hydrogens is 663 g/mol. The molecule has 0 bridgehead atoms. The Kier molecular flexibility index (Phi) is 6.92. The van der Waals surface area contributed by atoms with Gasteiger partial charge in [-0.25, -0.2) is 15.0 Å². The Morgan fingerprint density at radius 1 is 0.426 bits per heavy atom. The highest BCUT2D eigenvalue weighted by Crippen LogP contribution is 2.40. The second-order valence-corrected chi connectivity index (χ2v) is 13.9. The van der Waals surface area contributed by atoms with Crippen LogP contribution in [0.5, 0.6) is 0 Å². The Bertz CT molecular complexity index is 3220. The molecule has 0 aliphatic heterocycles. The summed E-state index contributed by atoms with van der Waals surface area (Å²) in [6.45, 7) is 0. The zero-order valence-electron chi connectivity index (χ0n) is 29.2. The zero-order chi connectivity index (χ0) is 35.6. The summed E-state index contributed by atoms with van der Waals surface area (Å²) < 4.78 is 13.0. The molecule has 1 aliphatic carbocycles. The van der Waals surface area contributed by atoms with Crippen molar-refractivity contribution in [2.45, 2.75) is 12.8 Å². The van der Waals surface area contributed by atoms with Crippen LogP contribution in [0.1, 0.15) is 18.4 Å². The van der Waals surface area contributed by atoms with Crippen molar-refractivity contribution in [3.63, 3.8) is 0 Å². The molecule has 7 aromatic carbocycles. The molecule has 0 atom stereocenters. The minimum absolute atomic E-state index is 0.593. The molecular formula is C49H31N3O2. The van der Waals surface area contributed by atoms with Gasteiger partial charge in [-0.1, -0.05) is 121 Å². The summed E-state index contributed by atoms with van der Waals surface area (Å²) in [7, 11) is 0. The van der Waals surface area contributed by atoms with Gasteiger partial charge in [0.25, 0.3) is 0 Å². The average Bonchev–Trinajstić information content (AvgIpc) is 3.82. The van der Waals surface area contributed by atoms with E-state index in [1.165, 1.54) is 16.7 Å². The van der Waals surface area contributed by atoms with E-state index in [1.807, 2.05) is 48.5 Å². The van der Waals surface area contributed by atoms with Crippen molar-refractivity contribution >= 4 is 55.3 Å². The highest BCUT2D eigenvalue weighted by molar-refractivity contribution is 6.13. The second kappa shape index (κ2) is 12.2. The topological polar surface area (TPSA) is 65.0 Å². The molecule has 54 heavy (non-hydrogen) atoms. The van der Waals surface area contributed by atoms with Crippen LogP contribution in [0, 0.1) is 0 Å². The number of hydrogen-bond donors (Lipinski definition) is 0. The van der Waals surface area contributed by atoms with Crippen LogP contribution < -0.4 is 10.6 Å². The van der Waals surface area contributed by atoms with Crippen molar-refractivity contribution in [3.8, 4) is 45.3 Å². The van der Waals surface area contributed by atoms with Crippen LogP contribution >= 0.6 is 0 Å². The molecule has 3 heterocycles. The van der Waals surface area contributed by atoms with Crippen molar-refractivity contribution in [2.75, 3.05) is 0 Å². The lowest BCUT2D eigenvalue weighted by molar-refractivity contribution is 0.571. The minimum atomic E-state index is 0.593. The summed E-state index contributed by atoms with van der Waals surface area (Å²) in [5, 5.41) is 6.54. The van der Waals surface area contributed by atoms with E-state index in [9.17, 15) is 0 Å². The van der Waals surface area contributed by atoms with Crippen molar-refractivity contribution in [1.82, 2.24) is 15.0 Å². The van der Waals surface area contributed by atoms with Crippen LogP contribution in [0.15, 0.2) is 167 Å². The van der Waals surface area contributed by atoms with E-state index in [4.69, 9.17) is 23.8 Å². The molecule has 0 spiro atoms. The minimum Gasteiger partial charge on any atom is -0.456 e. The largest absolute Gasteiger partial charge is 0.456 e. The molecule has 0 radical (unpaired) electrons. The lowest BCUT2D eigenvalue weighted by atomic mass is 9.92. The van der Waals surface area contributed by atoms with Gasteiger partial charge < -0.3 is 8.83 Å². The Morgan fingerprint density at radius 2 is 1.06 bits per heavy atom. The van der Waals surface area contributed by atoms with Crippen molar-refractivity contribution in [3.05, 3.63) is 174 Å². The monoisotopic (exact) mass is 693 g/mol. The summed E-state index contributed by atoms with van der Waals surface area (Å²) in [6.07, 6.45) is 3.97. The molecule has 0 saturated heterocycles. The molecule has 0 amide bonds. The average molecular weight is 694 g/mol. The SMILES string of the molecule is C1=c2oc3ccccc3c2=C(c2cc(-c3nc(-c4ccccc4)nc(-c4ccc5ccc(-c6ccccc6)cc5c4)n3)c3c(c2)oc2ccccc23)CC1. The van der Waals surface area contributed by atoms with Crippen LogP contribution in [0.4, 0.5) is 0 Å². The van der Waals surface area contributed by atoms with Crippen molar-refractivity contribution in [2.24, 2.45) is 0 Å². The quantitative estimate of drug-likeness (QED) is 0.180. The van der Waals surface area contributed by atoms with Gasteiger partial charge in [0.05, 0.1) is 0 Å². The van der Waals surface area contributed by atoms with E-state index in [0.29, 0.717) is 17.5 Å². The second-order valence-electron chi connectivity index (χ2n) is 13.9. The predicted molar refractivity (Wildman–Crippen MR) is 218 cm³/mol. The Morgan fingerprint density at radius 3 is 1.85 bits per heavy atom. The summed E-state index contributed by atoms with van der Waals surface area (Å²) in [5.74, 6) is 1.82. The Labute approximate surface area is 310 Å². The summed E-state index contributed by atoms with van der Waals surface area (Å²) in [4.78, 5) is 15.6. The lowest BCUT2D eigenvalue weighted by Gasteiger charge is -2.14. The van der Waals surface area contributed by atoms with Gasteiger partial charge in [-0.05, 0) is 88.4 Å². The van der Waals surface area contributed by atoms with Crippen LogP contribution in [0.25, 0.3) is 101 Å². The third-order valence-corrected chi connectivity index (χ3v) is 10.6. The molecule has 5 heteroatoms. The number of benzene rings is 7. The van der Waals surface area contributed by atoms with Gasteiger partial charge in [0.1, 0.15) is 22.2 Å². The molecule has 11 rings (SSSR count). The maximum Gasteiger partial charge on any atom is 0.164 e. The fourth-order valence-corrected chi connectivity index (χ4v) is 8.02. The Balaban J connectivity index is 1.18. The third-order valence-electron chi connectivity index (χ3n) is 10.6. The standard InChI is InChI=1S/C49H31N3O2/c1-3-12-30(13-4-1)33-24-22-31-23-25-34(27-35(31)26-33)48-50-47(32-14-5-2-6-15-32)51-49(52-48)40-28-36(29-44-46(40)39-17-8-10-20-42(39)54-44)37-18-11-21-43-45(37)38-16-7-9-19-41(38)53-43/h1-10,12-17,19-29H,11,18H2. The van der Waals surface area contributed by atoms with Crippen molar-refractivity contribution < 1.29 is 8.83 Å². The van der Waals surface area contributed by atoms with E-state index in [1.54, 1.807) is 0 Å². The maximum absolute atomic E-state index is 6.61. The van der Waals surface area contributed by atoms with E-state index >= 15 is 0 Å². The van der Waals surface area contributed by atoms with Crippen LogP contribution in [0.3, 0.4) is 0 Å². The number of aromatic nitrogens is 3. The third kappa shape index (κ3) is 5.05. The summed E-state index contributed by atoms with van der Waals surface area (Å²) >= 11 is 0.